The topological polar surface area (TPSA) is 60.4 Å². The van der Waals surface area contributed by atoms with Gasteiger partial charge in [-0.25, -0.2) is 0 Å². The minimum atomic E-state index is -2.02. The van der Waals surface area contributed by atoms with E-state index in [2.05, 4.69) is 4.74 Å². The predicted octanol–water partition coefficient (Wildman–Crippen LogP) is -0.160. The van der Waals surface area contributed by atoms with Gasteiger partial charge in [0.25, 0.3) is 0 Å². The molecule has 0 spiro atoms. The first-order valence-corrected chi connectivity index (χ1v) is 6.23. The quantitative estimate of drug-likeness (QED) is 0.504. The number of hydrogen-bond donors (Lipinski definition) is 0. The minimum absolute atomic E-state index is 0.0139. The monoisotopic (exact) mass is 239 g/mol. The van der Waals surface area contributed by atoms with Gasteiger partial charge in [0.1, 0.15) is 0 Å². The molecule has 12 heavy (non-hydrogen) atoms. The molecule has 0 aromatic heterocycles. The summed E-state index contributed by atoms with van der Waals surface area (Å²) >= 11 is -2.02. The first-order chi connectivity index (χ1) is 5.45. The van der Waals surface area contributed by atoms with Crippen LogP contribution in [-0.4, -0.2) is 34.7 Å². The Bertz CT molecular complexity index is 197. The van der Waals surface area contributed by atoms with Gasteiger partial charge >= 0.3 is 74.6 Å². The summed E-state index contributed by atoms with van der Waals surface area (Å²) in [5.74, 6) is -0.453. The van der Waals surface area contributed by atoms with Crippen molar-refractivity contribution in [2.24, 2.45) is 0 Å². The zero-order valence-electron chi connectivity index (χ0n) is 7.25. The summed E-state index contributed by atoms with van der Waals surface area (Å²) in [5, 5.41) is 0. The molecular formula is C7H11O4Se. The van der Waals surface area contributed by atoms with E-state index in [-0.39, 0.29) is 14.9 Å². The molecule has 0 rings (SSSR count). The first kappa shape index (κ1) is 11.3. The van der Waals surface area contributed by atoms with Crippen LogP contribution in [0.5, 0.6) is 0 Å². The Hall–Kier alpha value is -0.671. The average Bonchev–Trinajstić information content (AvgIpc) is 1.84. The van der Waals surface area contributed by atoms with Gasteiger partial charge in [-0.1, -0.05) is 0 Å². The Morgan fingerprint density at radius 1 is 1.08 bits per heavy atom. The fourth-order valence-electron chi connectivity index (χ4n) is 0.510. The molecule has 0 aliphatic rings. The number of esters is 1. The summed E-state index contributed by atoms with van der Waals surface area (Å²) in [6, 6.07) is 0. The number of carbonyl (C=O) groups is 3. The van der Waals surface area contributed by atoms with Crippen LogP contribution in [0.1, 0.15) is 20.8 Å². The third-order valence-electron chi connectivity index (χ3n) is 1.07. The van der Waals surface area contributed by atoms with Crippen molar-refractivity contribution in [3.63, 3.8) is 0 Å². The number of rotatable bonds is 4. The molecule has 1 radical (unpaired) electrons. The van der Waals surface area contributed by atoms with Crippen molar-refractivity contribution >= 4 is 29.2 Å². The van der Waals surface area contributed by atoms with Crippen molar-refractivity contribution in [3.05, 3.63) is 0 Å². The van der Waals surface area contributed by atoms with Gasteiger partial charge in [0.2, 0.25) is 0 Å². The molecule has 5 heteroatoms. The fourth-order valence-corrected chi connectivity index (χ4v) is 2.65. The van der Waals surface area contributed by atoms with Crippen LogP contribution in [0.2, 0.25) is 0 Å². The summed E-state index contributed by atoms with van der Waals surface area (Å²) in [6.45, 7) is 3.97. The van der Waals surface area contributed by atoms with E-state index in [1.165, 1.54) is 20.8 Å². The molecule has 4 nitrogen and oxygen atoms in total. The van der Waals surface area contributed by atoms with E-state index in [9.17, 15) is 14.4 Å². The number of hydrogen-bond acceptors (Lipinski definition) is 4. The summed E-state index contributed by atoms with van der Waals surface area (Å²) in [6.07, 6.45) is 0. The fraction of sp³-hybridized carbons (Fsp3) is 0.571. The van der Waals surface area contributed by atoms with E-state index in [0.29, 0.717) is 0 Å². The Morgan fingerprint density at radius 3 is 1.75 bits per heavy atom. The van der Waals surface area contributed by atoms with Crippen LogP contribution >= 0.6 is 0 Å². The maximum absolute atomic E-state index is 10.8. The molecule has 0 fully saturated rings. The standard InChI is InChI=1S/C7H11O4Se/c1-5(8)11-4-12(6(2)9)7(3)10/h4H2,1-3H3. The molecule has 0 aromatic rings. The molecule has 0 amide bonds. The van der Waals surface area contributed by atoms with Crippen LogP contribution in [-0.2, 0) is 19.1 Å². The van der Waals surface area contributed by atoms with Crippen molar-refractivity contribution in [1.82, 2.24) is 0 Å². The van der Waals surface area contributed by atoms with E-state index >= 15 is 0 Å². The second kappa shape index (κ2) is 5.06. The van der Waals surface area contributed by atoms with Crippen molar-refractivity contribution < 1.29 is 19.1 Å². The zero-order valence-corrected chi connectivity index (χ0v) is 8.96. The van der Waals surface area contributed by atoms with E-state index in [1.54, 1.807) is 0 Å². The summed E-state index contributed by atoms with van der Waals surface area (Å²) in [7, 11) is 0. The van der Waals surface area contributed by atoms with Crippen LogP contribution in [0.25, 0.3) is 0 Å². The first-order valence-electron chi connectivity index (χ1n) is 3.30. The molecule has 0 aliphatic heterocycles. The second-order valence-electron chi connectivity index (χ2n) is 2.13. The zero-order chi connectivity index (χ0) is 9.72. The molecule has 0 saturated carbocycles. The predicted molar refractivity (Wildman–Crippen MR) is 43.7 cm³/mol. The van der Waals surface area contributed by atoms with Gasteiger partial charge in [0.15, 0.2) is 0 Å². The van der Waals surface area contributed by atoms with Crippen LogP contribution in [0.3, 0.4) is 0 Å². The molecular weight excluding hydrogens is 227 g/mol. The van der Waals surface area contributed by atoms with Crippen LogP contribution < -0.4 is 0 Å². The maximum atomic E-state index is 10.8. The SMILES string of the molecule is CC(=O)OC[Se](C(C)=O)C(C)=O. The molecule has 69 valence electrons. The molecule has 0 aliphatic carbocycles. The summed E-state index contributed by atoms with van der Waals surface area (Å²) in [5.41, 5.74) is -0.0139. The van der Waals surface area contributed by atoms with E-state index in [0.717, 1.165) is 0 Å². The summed E-state index contributed by atoms with van der Waals surface area (Å²) in [4.78, 5) is 32.1. The van der Waals surface area contributed by atoms with Gasteiger partial charge in [-0.2, -0.15) is 0 Å². The third-order valence-corrected chi connectivity index (χ3v) is 4.73. The van der Waals surface area contributed by atoms with Gasteiger partial charge < -0.3 is 0 Å². The van der Waals surface area contributed by atoms with E-state index in [4.69, 9.17) is 0 Å². The van der Waals surface area contributed by atoms with Gasteiger partial charge in [-0.3, -0.25) is 0 Å². The number of ether oxygens (including phenoxy) is 1. The van der Waals surface area contributed by atoms with E-state index in [1.807, 2.05) is 0 Å². The molecule has 0 saturated heterocycles. The Morgan fingerprint density at radius 2 is 1.50 bits per heavy atom. The Balaban J connectivity index is 4.06. The van der Waals surface area contributed by atoms with Gasteiger partial charge in [-0.05, 0) is 0 Å². The molecule has 0 bridgehead atoms. The van der Waals surface area contributed by atoms with Gasteiger partial charge in [0.05, 0.1) is 0 Å². The Kier molecular flexibility index (Phi) is 4.78. The second-order valence-corrected chi connectivity index (χ2v) is 6.67. The third kappa shape index (κ3) is 4.26. The van der Waals surface area contributed by atoms with E-state index < -0.39 is 19.9 Å². The van der Waals surface area contributed by atoms with Crippen molar-refractivity contribution in [3.8, 4) is 0 Å². The normalized spacial score (nSPS) is 9.67. The van der Waals surface area contributed by atoms with Crippen molar-refractivity contribution in [2.75, 3.05) is 5.51 Å². The van der Waals surface area contributed by atoms with Crippen molar-refractivity contribution in [1.29, 1.82) is 0 Å². The molecule has 0 unspecified atom stereocenters. The molecule has 0 N–H and O–H groups in total. The van der Waals surface area contributed by atoms with Crippen LogP contribution in [0.4, 0.5) is 0 Å². The summed E-state index contributed by atoms with van der Waals surface area (Å²) < 4.78 is 4.30. The number of carbonyl (C=O) groups excluding carboxylic acids is 3. The van der Waals surface area contributed by atoms with Crippen molar-refractivity contribution in [2.45, 2.75) is 20.8 Å². The average molecular weight is 238 g/mol. The Labute approximate surface area is 75.2 Å². The molecule has 0 atom stereocenters. The van der Waals surface area contributed by atoms with Crippen LogP contribution in [0, 0.1) is 0 Å². The van der Waals surface area contributed by atoms with Gasteiger partial charge in [-0.15, -0.1) is 0 Å². The van der Waals surface area contributed by atoms with Gasteiger partial charge in [0, 0.05) is 0 Å². The van der Waals surface area contributed by atoms with Crippen LogP contribution in [0.15, 0.2) is 0 Å². The molecule has 0 heterocycles. The molecule has 0 aromatic carbocycles.